The standard InChI is InChI=1S/C17H23N3O3S.ClH/c21-17-3-1-2-11-8-15(6-7-16(11)19-17)24(22,23)20-14-9-12-4-5-13(10-14)18-12;/h6-8,12-14,18,20H,1-5,9-10H2,(H,19,21);1H. The Hall–Kier alpha value is -1.15. The molecule has 2 atom stereocenters. The van der Waals surface area contributed by atoms with E-state index in [1.807, 2.05) is 0 Å². The third-order valence-corrected chi connectivity index (χ3v) is 6.82. The van der Waals surface area contributed by atoms with Crippen molar-refractivity contribution in [3.8, 4) is 0 Å². The van der Waals surface area contributed by atoms with Gasteiger partial charge in [-0.15, -0.1) is 12.4 Å². The van der Waals surface area contributed by atoms with Crippen LogP contribution >= 0.6 is 12.4 Å². The first-order chi connectivity index (χ1) is 11.5. The lowest BCUT2D eigenvalue weighted by atomic mass is 10.0. The van der Waals surface area contributed by atoms with Crippen molar-refractivity contribution < 1.29 is 13.2 Å². The quantitative estimate of drug-likeness (QED) is 0.742. The number of halogens is 1. The predicted octanol–water partition coefficient (Wildman–Crippen LogP) is 1.94. The number of rotatable bonds is 3. The van der Waals surface area contributed by atoms with Crippen LogP contribution in [-0.4, -0.2) is 32.5 Å². The molecule has 2 fully saturated rings. The Bertz CT molecular complexity index is 756. The Labute approximate surface area is 154 Å². The number of hydrogen-bond donors (Lipinski definition) is 3. The molecule has 138 valence electrons. The van der Waals surface area contributed by atoms with Gasteiger partial charge in [0.25, 0.3) is 0 Å². The molecule has 4 rings (SSSR count). The van der Waals surface area contributed by atoms with E-state index in [0.29, 0.717) is 23.4 Å². The van der Waals surface area contributed by atoms with E-state index in [2.05, 4.69) is 15.4 Å². The van der Waals surface area contributed by atoms with Crippen molar-refractivity contribution in [1.29, 1.82) is 0 Å². The zero-order valence-electron chi connectivity index (χ0n) is 14.0. The largest absolute Gasteiger partial charge is 0.326 e. The van der Waals surface area contributed by atoms with Crippen molar-refractivity contribution in [1.82, 2.24) is 10.0 Å². The number of sulfonamides is 1. The first-order valence-electron chi connectivity index (χ1n) is 8.71. The molecular formula is C17H24ClN3O3S. The SMILES string of the molecule is Cl.O=C1CCCc2cc(S(=O)(=O)NC3CC4CCC(C3)N4)ccc2N1. The van der Waals surface area contributed by atoms with Crippen LogP contribution in [0.1, 0.15) is 44.1 Å². The third kappa shape index (κ3) is 4.00. The van der Waals surface area contributed by atoms with Gasteiger partial charge in [0.1, 0.15) is 0 Å². The molecule has 1 amide bonds. The Morgan fingerprint density at radius 3 is 2.52 bits per heavy atom. The highest BCUT2D eigenvalue weighted by Crippen LogP contribution is 2.29. The highest BCUT2D eigenvalue weighted by Gasteiger charge is 2.35. The highest BCUT2D eigenvalue weighted by atomic mass is 35.5. The minimum absolute atomic E-state index is 0. The summed E-state index contributed by atoms with van der Waals surface area (Å²) >= 11 is 0. The fourth-order valence-corrected chi connectivity index (χ4v) is 5.47. The zero-order chi connectivity index (χ0) is 16.7. The molecule has 1 aromatic rings. The van der Waals surface area contributed by atoms with Crippen molar-refractivity contribution in [3.63, 3.8) is 0 Å². The van der Waals surface area contributed by atoms with Crippen LogP contribution in [0.3, 0.4) is 0 Å². The number of hydrogen-bond acceptors (Lipinski definition) is 4. The van der Waals surface area contributed by atoms with Gasteiger partial charge < -0.3 is 10.6 Å². The zero-order valence-corrected chi connectivity index (χ0v) is 15.6. The van der Waals surface area contributed by atoms with Crippen LogP contribution in [0.2, 0.25) is 0 Å². The molecule has 2 bridgehead atoms. The normalized spacial score (nSPS) is 28.5. The number of piperidine rings is 1. The van der Waals surface area contributed by atoms with Crippen LogP contribution in [0.5, 0.6) is 0 Å². The Morgan fingerprint density at radius 2 is 1.80 bits per heavy atom. The number of carbonyl (C=O) groups is 1. The molecule has 3 aliphatic heterocycles. The van der Waals surface area contributed by atoms with Gasteiger partial charge in [-0.05, 0) is 62.3 Å². The maximum absolute atomic E-state index is 12.8. The Balaban J connectivity index is 0.00000182. The lowest BCUT2D eigenvalue weighted by Gasteiger charge is -2.29. The van der Waals surface area contributed by atoms with Gasteiger partial charge in [-0.2, -0.15) is 0 Å². The minimum atomic E-state index is -3.53. The Kier molecular flexibility index (Phi) is 5.39. The lowest BCUT2D eigenvalue weighted by Crippen LogP contribution is -2.47. The van der Waals surface area contributed by atoms with Gasteiger partial charge in [0.05, 0.1) is 4.90 Å². The van der Waals surface area contributed by atoms with E-state index < -0.39 is 10.0 Å². The van der Waals surface area contributed by atoms with E-state index in [9.17, 15) is 13.2 Å². The summed E-state index contributed by atoms with van der Waals surface area (Å²) < 4.78 is 28.4. The number of carbonyl (C=O) groups excluding carboxylic acids is 1. The van der Waals surface area contributed by atoms with Crippen molar-refractivity contribution in [2.45, 2.75) is 68.0 Å². The molecule has 2 unspecified atom stereocenters. The van der Waals surface area contributed by atoms with Crippen LogP contribution in [0.4, 0.5) is 5.69 Å². The van der Waals surface area contributed by atoms with Gasteiger partial charge in [0, 0.05) is 30.2 Å². The summed E-state index contributed by atoms with van der Waals surface area (Å²) in [6.07, 6.45) is 5.94. The van der Waals surface area contributed by atoms with Crippen molar-refractivity contribution in [3.05, 3.63) is 23.8 Å². The molecule has 0 aromatic heterocycles. The summed E-state index contributed by atoms with van der Waals surface area (Å²) in [7, 11) is -3.53. The number of nitrogens with one attached hydrogen (secondary N) is 3. The second-order valence-electron chi connectivity index (χ2n) is 7.15. The second-order valence-corrected chi connectivity index (χ2v) is 8.86. The fraction of sp³-hybridized carbons (Fsp3) is 0.588. The van der Waals surface area contributed by atoms with Crippen molar-refractivity contribution in [2.24, 2.45) is 0 Å². The number of amides is 1. The van der Waals surface area contributed by atoms with Crippen molar-refractivity contribution in [2.75, 3.05) is 5.32 Å². The maximum atomic E-state index is 12.8. The number of anilines is 1. The van der Waals surface area contributed by atoms with Gasteiger partial charge in [-0.25, -0.2) is 13.1 Å². The summed E-state index contributed by atoms with van der Waals surface area (Å²) in [5.41, 5.74) is 1.63. The molecule has 0 saturated carbocycles. The molecule has 1 aromatic carbocycles. The molecule has 0 spiro atoms. The molecular weight excluding hydrogens is 362 g/mol. The predicted molar refractivity (Wildman–Crippen MR) is 98.5 cm³/mol. The van der Waals surface area contributed by atoms with E-state index >= 15 is 0 Å². The Morgan fingerprint density at radius 1 is 1.08 bits per heavy atom. The van der Waals surface area contributed by atoms with E-state index in [0.717, 1.165) is 49.8 Å². The van der Waals surface area contributed by atoms with E-state index in [1.54, 1.807) is 18.2 Å². The molecule has 3 heterocycles. The van der Waals surface area contributed by atoms with E-state index in [4.69, 9.17) is 0 Å². The van der Waals surface area contributed by atoms with E-state index in [1.165, 1.54) is 0 Å². The molecule has 6 nitrogen and oxygen atoms in total. The smallest absolute Gasteiger partial charge is 0.240 e. The van der Waals surface area contributed by atoms with Gasteiger partial charge in [-0.1, -0.05) is 0 Å². The van der Waals surface area contributed by atoms with Crippen molar-refractivity contribution >= 4 is 34.0 Å². The third-order valence-electron chi connectivity index (χ3n) is 5.31. The van der Waals surface area contributed by atoms with Gasteiger partial charge >= 0.3 is 0 Å². The molecule has 8 heteroatoms. The average molecular weight is 386 g/mol. The summed E-state index contributed by atoms with van der Waals surface area (Å²) in [5.74, 6) is -0.00679. The second kappa shape index (κ2) is 7.23. The topological polar surface area (TPSA) is 87.3 Å². The van der Waals surface area contributed by atoms with Gasteiger partial charge in [-0.3, -0.25) is 4.79 Å². The first-order valence-corrected chi connectivity index (χ1v) is 10.2. The average Bonchev–Trinajstić information content (AvgIpc) is 2.75. The molecule has 0 aliphatic carbocycles. The van der Waals surface area contributed by atoms with Crippen LogP contribution in [-0.2, 0) is 21.2 Å². The summed E-state index contributed by atoms with van der Waals surface area (Å²) in [4.78, 5) is 11.9. The van der Waals surface area contributed by atoms with Crippen LogP contribution in [0, 0.1) is 0 Å². The molecule has 2 saturated heterocycles. The number of fused-ring (bicyclic) bond motifs is 3. The maximum Gasteiger partial charge on any atom is 0.240 e. The highest BCUT2D eigenvalue weighted by molar-refractivity contribution is 7.89. The number of aryl methyl sites for hydroxylation is 1. The first kappa shape index (κ1) is 18.6. The lowest BCUT2D eigenvalue weighted by molar-refractivity contribution is -0.116. The molecule has 0 radical (unpaired) electrons. The fourth-order valence-electron chi connectivity index (χ4n) is 4.16. The monoisotopic (exact) mass is 385 g/mol. The van der Waals surface area contributed by atoms with E-state index in [-0.39, 0.29) is 24.4 Å². The van der Waals surface area contributed by atoms with Crippen LogP contribution in [0.25, 0.3) is 0 Å². The molecule has 25 heavy (non-hydrogen) atoms. The molecule has 3 aliphatic rings. The molecule has 3 N–H and O–H groups in total. The summed E-state index contributed by atoms with van der Waals surface area (Å²) in [6, 6.07) is 5.89. The number of benzene rings is 1. The summed E-state index contributed by atoms with van der Waals surface area (Å²) in [5, 5.41) is 6.36. The van der Waals surface area contributed by atoms with Crippen LogP contribution < -0.4 is 15.4 Å². The van der Waals surface area contributed by atoms with Gasteiger partial charge in [0.15, 0.2) is 0 Å². The van der Waals surface area contributed by atoms with Gasteiger partial charge in [0.2, 0.25) is 15.9 Å². The summed E-state index contributed by atoms with van der Waals surface area (Å²) in [6.45, 7) is 0. The van der Waals surface area contributed by atoms with Crippen LogP contribution in [0.15, 0.2) is 23.1 Å². The minimum Gasteiger partial charge on any atom is -0.326 e.